The summed E-state index contributed by atoms with van der Waals surface area (Å²) in [6.45, 7) is 6.33. The summed E-state index contributed by atoms with van der Waals surface area (Å²) in [6.07, 6.45) is 0.974. The Hall–Kier alpha value is -1.84. The van der Waals surface area contributed by atoms with Gasteiger partial charge in [-0.2, -0.15) is 0 Å². The van der Waals surface area contributed by atoms with Crippen molar-refractivity contribution in [2.75, 3.05) is 7.11 Å². The normalized spacial score (nSPS) is 12.2. The molecule has 0 aliphatic carbocycles. The van der Waals surface area contributed by atoms with E-state index in [1.165, 1.54) is 16.7 Å². The number of nitrogens with two attached hydrogens (primary N) is 1. The van der Waals surface area contributed by atoms with Gasteiger partial charge in [-0.1, -0.05) is 43.3 Å². The lowest BCUT2D eigenvalue weighted by atomic mass is 9.91. The third kappa shape index (κ3) is 2.94. The van der Waals surface area contributed by atoms with Crippen LogP contribution < -0.4 is 16.0 Å². The fourth-order valence-corrected chi connectivity index (χ4v) is 2.79. The molecular weight excluding hydrogens is 260 g/mol. The lowest BCUT2D eigenvalue weighted by Crippen LogP contribution is -2.30. The Morgan fingerprint density at radius 3 is 2.43 bits per heavy atom. The molecule has 2 aromatic carbocycles. The molecule has 0 aliphatic heterocycles. The zero-order valence-electron chi connectivity index (χ0n) is 13.2. The highest BCUT2D eigenvalue weighted by molar-refractivity contribution is 5.50. The molecule has 0 saturated heterocycles. The second-order valence-electron chi connectivity index (χ2n) is 5.28. The first kappa shape index (κ1) is 15.5. The monoisotopic (exact) mass is 284 g/mol. The number of methoxy groups -OCH3 is 1. The first-order chi connectivity index (χ1) is 10.1. The first-order valence-electron chi connectivity index (χ1n) is 7.32. The van der Waals surface area contributed by atoms with Crippen LogP contribution in [0.2, 0.25) is 0 Å². The highest BCUT2D eigenvalue weighted by Crippen LogP contribution is 2.35. The molecule has 0 aromatic heterocycles. The van der Waals surface area contributed by atoms with E-state index < -0.39 is 0 Å². The van der Waals surface area contributed by atoms with Crippen molar-refractivity contribution in [3.63, 3.8) is 0 Å². The second kappa shape index (κ2) is 6.74. The van der Waals surface area contributed by atoms with Crippen LogP contribution in [-0.2, 0) is 6.42 Å². The van der Waals surface area contributed by atoms with Crippen LogP contribution >= 0.6 is 0 Å². The van der Waals surface area contributed by atoms with Crippen LogP contribution in [0.4, 0.5) is 0 Å². The van der Waals surface area contributed by atoms with Gasteiger partial charge in [-0.05, 0) is 42.5 Å². The quantitative estimate of drug-likeness (QED) is 0.653. The summed E-state index contributed by atoms with van der Waals surface area (Å²) < 4.78 is 5.64. The molecule has 0 spiro atoms. The zero-order chi connectivity index (χ0) is 15.4. The fraction of sp³-hybridized carbons (Fsp3) is 0.333. The number of benzene rings is 2. The molecule has 1 atom stereocenters. The Balaban J connectivity index is 2.59. The maximum Gasteiger partial charge on any atom is 0.127 e. The van der Waals surface area contributed by atoms with Crippen molar-refractivity contribution in [3.05, 3.63) is 64.2 Å². The molecule has 3 heteroatoms. The van der Waals surface area contributed by atoms with Gasteiger partial charge in [0, 0.05) is 5.56 Å². The van der Waals surface area contributed by atoms with Gasteiger partial charge in [-0.3, -0.25) is 5.84 Å². The maximum atomic E-state index is 5.87. The van der Waals surface area contributed by atoms with E-state index in [2.05, 4.69) is 56.5 Å². The number of nitrogens with one attached hydrogen (secondary N) is 1. The minimum Gasteiger partial charge on any atom is -0.496 e. The number of aryl methyl sites for hydroxylation is 2. The van der Waals surface area contributed by atoms with Crippen LogP contribution in [0, 0.1) is 13.8 Å². The molecule has 0 radical (unpaired) electrons. The van der Waals surface area contributed by atoms with Crippen molar-refractivity contribution >= 4 is 0 Å². The van der Waals surface area contributed by atoms with E-state index in [-0.39, 0.29) is 6.04 Å². The highest BCUT2D eigenvalue weighted by Gasteiger charge is 2.20. The molecule has 0 heterocycles. The Kier molecular flexibility index (Phi) is 4.99. The summed E-state index contributed by atoms with van der Waals surface area (Å²) in [5.41, 5.74) is 8.89. The largest absolute Gasteiger partial charge is 0.496 e. The van der Waals surface area contributed by atoms with Gasteiger partial charge in [0.2, 0.25) is 0 Å². The van der Waals surface area contributed by atoms with E-state index in [0.29, 0.717) is 0 Å². The Bertz CT molecular complexity index is 623. The number of hydrogen-bond donors (Lipinski definition) is 2. The van der Waals surface area contributed by atoms with Crippen LogP contribution in [-0.4, -0.2) is 7.11 Å². The summed E-state index contributed by atoms with van der Waals surface area (Å²) in [4.78, 5) is 0. The minimum absolute atomic E-state index is 0.0737. The third-order valence-electron chi connectivity index (χ3n) is 4.14. The lowest BCUT2D eigenvalue weighted by molar-refractivity contribution is 0.400. The summed E-state index contributed by atoms with van der Waals surface area (Å²) >= 11 is 0. The smallest absolute Gasteiger partial charge is 0.127 e. The van der Waals surface area contributed by atoms with E-state index in [1.54, 1.807) is 7.11 Å². The van der Waals surface area contributed by atoms with E-state index in [0.717, 1.165) is 23.3 Å². The van der Waals surface area contributed by atoms with Gasteiger partial charge in [0.25, 0.3) is 0 Å². The molecule has 3 N–H and O–H groups in total. The number of hydrogen-bond acceptors (Lipinski definition) is 3. The number of ether oxygens (including phenoxy) is 1. The summed E-state index contributed by atoms with van der Waals surface area (Å²) in [6, 6.07) is 12.5. The first-order valence-corrected chi connectivity index (χ1v) is 7.32. The highest BCUT2D eigenvalue weighted by atomic mass is 16.5. The van der Waals surface area contributed by atoms with Gasteiger partial charge in [0.15, 0.2) is 0 Å². The average molecular weight is 284 g/mol. The van der Waals surface area contributed by atoms with Gasteiger partial charge >= 0.3 is 0 Å². The number of hydrazine groups is 1. The molecule has 1 unspecified atom stereocenters. The molecule has 0 amide bonds. The Morgan fingerprint density at radius 2 is 1.81 bits per heavy atom. The van der Waals surface area contributed by atoms with Crippen LogP contribution in [0.25, 0.3) is 0 Å². The molecule has 112 valence electrons. The van der Waals surface area contributed by atoms with Crippen molar-refractivity contribution in [2.24, 2.45) is 5.84 Å². The Morgan fingerprint density at radius 1 is 1.10 bits per heavy atom. The summed E-state index contributed by atoms with van der Waals surface area (Å²) in [5.74, 6) is 6.77. The maximum absolute atomic E-state index is 5.87. The standard InChI is InChI=1S/C18H24N2O/c1-5-14-8-6-7-9-15(14)17(20-19)16-11-10-12(2)13(3)18(16)21-4/h6-11,17,20H,5,19H2,1-4H3. The second-order valence-corrected chi connectivity index (χ2v) is 5.28. The van der Waals surface area contributed by atoms with Crippen molar-refractivity contribution in [2.45, 2.75) is 33.2 Å². The van der Waals surface area contributed by atoms with Crippen LogP contribution in [0.5, 0.6) is 5.75 Å². The predicted octanol–water partition coefficient (Wildman–Crippen LogP) is 3.43. The van der Waals surface area contributed by atoms with Crippen LogP contribution in [0.15, 0.2) is 36.4 Å². The van der Waals surface area contributed by atoms with Gasteiger partial charge < -0.3 is 4.74 Å². The van der Waals surface area contributed by atoms with E-state index in [4.69, 9.17) is 10.6 Å². The van der Waals surface area contributed by atoms with Crippen molar-refractivity contribution < 1.29 is 4.74 Å². The SMILES string of the molecule is CCc1ccccc1C(NN)c1ccc(C)c(C)c1OC. The molecule has 21 heavy (non-hydrogen) atoms. The molecule has 2 rings (SSSR count). The van der Waals surface area contributed by atoms with Gasteiger partial charge in [-0.25, -0.2) is 5.43 Å². The molecule has 0 aliphatic rings. The molecule has 0 bridgehead atoms. The molecule has 2 aromatic rings. The van der Waals surface area contributed by atoms with Crippen molar-refractivity contribution in [1.29, 1.82) is 0 Å². The van der Waals surface area contributed by atoms with Gasteiger partial charge in [0.1, 0.15) is 5.75 Å². The topological polar surface area (TPSA) is 47.3 Å². The predicted molar refractivity (Wildman–Crippen MR) is 87.5 cm³/mol. The molecule has 3 nitrogen and oxygen atoms in total. The minimum atomic E-state index is -0.0737. The Labute approximate surface area is 127 Å². The average Bonchev–Trinajstić information content (AvgIpc) is 2.52. The number of rotatable bonds is 5. The third-order valence-corrected chi connectivity index (χ3v) is 4.14. The van der Waals surface area contributed by atoms with Crippen molar-refractivity contribution in [1.82, 2.24) is 5.43 Å². The lowest BCUT2D eigenvalue weighted by Gasteiger charge is -2.23. The molecular formula is C18H24N2O. The van der Waals surface area contributed by atoms with Crippen molar-refractivity contribution in [3.8, 4) is 5.75 Å². The van der Waals surface area contributed by atoms with E-state index >= 15 is 0 Å². The summed E-state index contributed by atoms with van der Waals surface area (Å²) in [5, 5.41) is 0. The van der Waals surface area contributed by atoms with Crippen LogP contribution in [0.1, 0.15) is 40.8 Å². The van der Waals surface area contributed by atoms with E-state index in [9.17, 15) is 0 Å². The van der Waals surface area contributed by atoms with Gasteiger partial charge in [0.05, 0.1) is 13.2 Å². The molecule has 0 fully saturated rings. The van der Waals surface area contributed by atoms with Crippen LogP contribution in [0.3, 0.4) is 0 Å². The van der Waals surface area contributed by atoms with E-state index in [1.807, 2.05) is 6.07 Å². The fourth-order valence-electron chi connectivity index (χ4n) is 2.79. The zero-order valence-corrected chi connectivity index (χ0v) is 13.2. The van der Waals surface area contributed by atoms with Gasteiger partial charge in [-0.15, -0.1) is 0 Å². The summed E-state index contributed by atoms with van der Waals surface area (Å²) in [7, 11) is 1.71. The molecule has 0 saturated carbocycles.